The van der Waals surface area contributed by atoms with Crippen molar-refractivity contribution in [1.29, 1.82) is 0 Å². The van der Waals surface area contributed by atoms with E-state index < -0.39 is 4.92 Å². The number of nitrogens with one attached hydrogen (secondary N) is 1. The average molecular weight is 406 g/mol. The highest BCUT2D eigenvalue weighted by atomic mass is 79.9. The highest BCUT2D eigenvalue weighted by Crippen LogP contribution is 2.32. The van der Waals surface area contributed by atoms with Crippen LogP contribution in [0.25, 0.3) is 0 Å². The first-order chi connectivity index (χ1) is 9.06. The fourth-order valence-corrected chi connectivity index (χ4v) is 3.69. The summed E-state index contributed by atoms with van der Waals surface area (Å²) in [6.45, 7) is 1.46. The zero-order chi connectivity index (χ0) is 13.8. The van der Waals surface area contributed by atoms with E-state index in [1.807, 2.05) is 0 Å². The van der Waals surface area contributed by atoms with E-state index in [0.717, 1.165) is 20.4 Å². The van der Waals surface area contributed by atoms with Crippen LogP contribution in [0.4, 0.5) is 5.69 Å². The predicted molar refractivity (Wildman–Crippen MR) is 83.4 cm³/mol. The van der Waals surface area contributed by atoms with Gasteiger partial charge < -0.3 is 5.32 Å². The van der Waals surface area contributed by atoms with E-state index >= 15 is 0 Å². The summed E-state index contributed by atoms with van der Waals surface area (Å²) in [7, 11) is 0. The molecule has 2 aromatic rings. The first kappa shape index (κ1) is 14.6. The molecule has 0 amide bonds. The van der Waals surface area contributed by atoms with Gasteiger partial charge in [0.1, 0.15) is 0 Å². The third kappa shape index (κ3) is 4.10. The topological polar surface area (TPSA) is 55.2 Å². The fraction of sp³-hybridized carbons (Fsp3) is 0.167. The van der Waals surface area contributed by atoms with E-state index in [1.165, 1.54) is 17.0 Å². The molecule has 0 unspecified atom stereocenters. The highest BCUT2D eigenvalue weighted by Gasteiger charge is 2.05. The predicted octanol–water partition coefficient (Wildman–Crippen LogP) is 4.47. The SMILES string of the molecule is O=[N+]([O-])c1ccc(CNCc2cc(Br)c(Br)s2)cc1. The van der Waals surface area contributed by atoms with Gasteiger partial charge in [0.15, 0.2) is 0 Å². The first-order valence-electron chi connectivity index (χ1n) is 5.44. The lowest BCUT2D eigenvalue weighted by Crippen LogP contribution is -2.11. The normalized spacial score (nSPS) is 10.6. The third-order valence-electron chi connectivity index (χ3n) is 2.47. The van der Waals surface area contributed by atoms with Crippen LogP contribution < -0.4 is 5.32 Å². The second kappa shape index (κ2) is 6.60. The Morgan fingerprint density at radius 1 is 1.21 bits per heavy atom. The van der Waals surface area contributed by atoms with E-state index in [2.05, 4.69) is 43.2 Å². The van der Waals surface area contributed by atoms with Crippen LogP contribution in [0, 0.1) is 10.1 Å². The number of hydrogen-bond donors (Lipinski definition) is 1. The van der Waals surface area contributed by atoms with Crippen LogP contribution in [-0.4, -0.2) is 4.92 Å². The van der Waals surface area contributed by atoms with Crippen LogP contribution in [0.15, 0.2) is 38.6 Å². The zero-order valence-electron chi connectivity index (χ0n) is 9.73. The van der Waals surface area contributed by atoms with Gasteiger partial charge in [0, 0.05) is 34.6 Å². The maximum absolute atomic E-state index is 10.5. The van der Waals surface area contributed by atoms with Gasteiger partial charge in [0.05, 0.1) is 8.71 Å². The van der Waals surface area contributed by atoms with Crippen molar-refractivity contribution in [2.45, 2.75) is 13.1 Å². The fourth-order valence-electron chi connectivity index (χ4n) is 1.54. The Kier molecular flexibility index (Phi) is 5.09. The third-order valence-corrected chi connectivity index (χ3v) is 5.73. The molecule has 0 aliphatic rings. The van der Waals surface area contributed by atoms with Gasteiger partial charge in [-0.25, -0.2) is 0 Å². The Bertz CT molecular complexity index is 564. The summed E-state index contributed by atoms with van der Waals surface area (Å²) in [6.07, 6.45) is 0. The van der Waals surface area contributed by atoms with Gasteiger partial charge in [-0.1, -0.05) is 12.1 Å². The Labute approximate surface area is 131 Å². The number of benzene rings is 1. The average Bonchev–Trinajstić information content (AvgIpc) is 2.69. The number of halogens is 2. The molecule has 0 aliphatic carbocycles. The van der Waals surface area contributed by atoms with E-state index in [9.17, 15) is 10.1 Å². The van der Waals surface area contributed by atoms with Crippen molar-refractivity contribution in [3.8, 4) is 0 Å². The van der Waals surface area contributed by atoms with Crippen LogP contribution in [0.1, 0.15) is 10.4 Å². The van der Waals surface area contributed by atoms with Gasteiger partial charge in [-0.05, 0) is 43.5 Å². The van der Waals surface area contributed by atoms with Crippen molar-refractivity contribution in [2.75, 3.05) is 0 Å². The Morgan fingerprint density at radius 2 is 1.89 bits per heavy atom. The lowest BCUT2D eigenvalue weighted by Gasteiger charge is -2.03. The molecule has 4 nitrogen and oxygen atoms in total. The monoisotopic (exact) mass is 404 g/mol. The summed E-state index contributed by atoms with van der Waals surface area (Å²) in [5, 5.41) is 13.8. The van der Waals surface area contributed by atoms with Crippen LogP contribution >= 0.6 is 43.2 Å². The smallest absolute Gasteiger partial charge is 0.269 e. The maximum Gasteiger partial charge on any atom is 0.269 e. The maximum atomic E-state index is 10.5. The molecule has 0 fully saturated rings. The molecule has 1 aromatic carbocycles. The molecule has 0 atom stereocenters. The van der Waals surface area contributed by atoms with Crippen LogP contribution in [0.2, 0.25) is 0 Å². The summed E-state index contributed by atoms with van der Waals surface area (Å²) in [5.74, 6) is 0. The molecule has 0 radical (unpaired) electrons. The van der Waals surface area contributed by atoms with Gasteiger partial charge in [-0.3, -0.25) is 10.1 Å². The van der Waals surface area contributed by atoms with Crippen molar-refractivity contribution >= 4 is 48.9 Å². The molecular formula is C12H10Br2N2O2S. The minimum Gasteiger partial charge on any atom is -0.308 e. The van der Waals surface area contributed by atoms with Crippen molar-refractivity contribution in [1.82, 2.24) is 5.32 Å². The van der Waals surface area contributed by atoms with E-state index in [0.29, 0.717) is 6.54 Å². The Hall–Kier alpha value is -0.760. The summed E-state index contributed by atoms with van der Waals surface area (Å²) < 4.78 is 2.14. The minimum atomic E-state index is -0.391. The molecule has 0 saturated heterocycles. The lowest BCUT2D eigenvalue weighted by atomic mass is 10.2. The zero-order valence-corrected chi connectivity index (χ0v) is 13.7. The summed E-state index contributed by atoms with van der Waals surface area (Å²) >= 11 is 8.57. The van der Waals surface area contributed by atoms with Crippen molar-refractivity contribution in [3.63, 3.8) is 0 Å². The first-order valence-corrected chi connectivity index (χ1v) is 7.84. The number of thiophene rings is 1. The van der Waals surface area contributed by atoms with Crippen LogP contribution in [0.3, 0.4) is 0 Å². The summed E-state index contributed by atoms with van der Waals surface area (Å²) in [5.41, 5.74) is 1.15. The number of nitro benzene ring substituents is 1. The molecule has 19 heavy (non-hydrogen) atoms. The highest BCUT2D eigenvalue weighted by molar-refractivity contribution is 9.13. The standard InChI is InChI=1S/C12H10Br2N2O2S/c13-11-5-10(19-12(11)14)7-15-6-8-1-3-9(4-2-8)16(17)18/h1-5,15H,6-7H2. The molecule has 0 saturated carbocycles. The van der Waals surface area contributed by atoms with Crippen molar-refractivity contribution in [3.05, 3.63) is 59.1 Å². The van der Waals surface area contributed by atoms with E-state index in [4.69, 9.17) is 0 Å². The quantitative estimate of drug-likeness (QED) is 0.589. The van der Waals surface area contributed by atoms with E-state index in [1.54, 1.807) is 23.5 Å². The van der Waals surface area contributed by atoms with Gasteiger partial charge in [-0.15, -0.1) is 11.3 Å². The largest absolute Gasteiger partial charge is 0.308 e. The molecular weight excluding hydrogens is 396 g/mol. The minimum absolute atomic E-state index is 0.120. The molecule has 0 bridgehead atoms. The molecule has 2 rings (SSSR count). The number of nitrogens with zero attached hydrogens (tertiary/aromatic N) is 1. The number of nitro groups is 1. The molecule has 1 aromatic heterocycles. The van der Waals surface area contributed by atoms with E-state index in [-0.39, 0.29) is 5.69 Å². The van der Waals surface area contributed by atoms with Crippen LogP contribution in [0.5, 0.6) is 0 Å². The van der Waals surface area contributed by atoms with Gasteiger partial charge in [-0.2, -0.15) is 0 Å². The second-order valence-corrected chi connectivity index (χ2v) is 7.17. The molecule has 1 heterocycles. The second-order valence-electron chi connectivity index (χ2n) is 3.86. The molecule has 7 heteroatoms. The van der Waals surface area contributed by atoms with Crippen molar-refractivity contribution < 1.29 is 4.92 Å². The number of hydrogen-bond acceptors (Lipinski definition) is 4. The molecule has 1 N–H and O–H groups in total. The van der Waals surface area contributed by atoms with Gasteiger partial charge >= 0.3 is 0 Å². The molecule has 0 spiro atoms. The van der Waals surface area contributed by atoms with Gasteiger partial charge in [0.2, 0.25) is 0 Å². The number of non-ortho nitro benzene ring substituents is 1. The molecule has 0 aliphatic heterocycles. The number of rotatable bonds is 5. The lowest BCUT2D eigenvalue weighted by molar-refractivity contribution is -0.384. The molecule has 100 valence electrons. The van der Waals surface area contributed by atoms with Crippen molar-refractivity contribution in [2.24, 2.45) is 0 Å². The Morgan fingerprint density at radius 3 is 2.42 bits per heavy atom. The van der Waals surface area contributed by atoms with Crippen LogP contribution in [-0.2, 0) is 13.1 Å². The van der Waals surface area contributed by atoms with Gasteiger partial charge in [0.25, 0.3) is 5.69 Å². The summed E-state index contributed by atoms with van der Waals surface area (Å²) in [6, 6.07) is 8.65. The Balaban J connectivity index is 1.87. The summed E-state index contributed by atoms with van der Waals surface area (Å²) in [4.78, 5) is 11.4.